The van der Waals surface area contributed by atoms with Crippen LogP contribution in [0.15, 0.2) is 30.7 Å². The average molecular weight is 313 g/mol. The number of urea groups is 1. The van der Waals surface area contributed by atoms with Gasteiger partial charge in [-0.05, 0) is 43.4 Å². The van der Waals surface area contributed by atoms with E-state index in [9.17, 15) is 4.79 Å². The number of carbonyl (C=O) groups excluding carboxylic acids is 1. The van der Waals surface area contributed by atoms with E-state index >= 15 is 0 Å². The molecule has 1 aliphatic rings. The van der Waals surface area contributed by atoms with Gasteiger partial charge in [-0.25, -0.2) is 14.8 Å². The molecule has 1 saturated heterocycles. The quantitative estimate of drug-likeness (QED) is 0.947. The first-order valence-electron chi connectivity index (χ1n) is 8.11. The van der Waals surface area contributed by atoms with E-state index in [-0.39, 0.29) is 6.03 Å². The third kappa shape index (κ3) is 3.70. The molecule has 0 bridgehead atoms. The summed E-state index contributed by atoms with van der Waals surface area (Å²) >= 11 is 0. The number of piperidine rings is 1. The van der Waals surface area contributed by atoms with Crippen molar-refractivity contribution in [2.45, 2.75) is 33.2 Å². The Morgan fingerprint density at radius 3 is 3.00 bits per heavy atom. The maximum Gasteiger partial charge on any atom is 0.317 e. The third-order valence-corrected chi connectivity index (χ3v) is 4.27. The van der Waals surface area contributed by atoms with Crippen molar-refractivity contribution < 1.29 is 4.79 Å². The maximum absolute atomic E-state index is 12.3. The molecular weight excluding hydrogens is 290 g/mol. The lowest BCUT2D eigenvalue weighted by Gasteiger charge is -2.30. The zero-order valence-electron chi connectivity index (χ0n) is 13.7. The Balaban J connectivity index is 1.62. The number of nitrogens with one attached hydrogen (secondary N) is 1. The van der Waals surface area contributed by atoms with Gasteiger partial charge in [-0.1, -0.05) is 6.92 Å². The second kappa shape index (κ2) is 6.81. The lowest BCUT2D eigenvalue weighted by molar-refractivity contribution is 0.169. The van der Waals surface area contributed by atoms with Crippen molar-refractivity contribution in [1.82, 2.24) is 24.8 Å². The number of imidazole rings is 1. The zero-order valence-corrected chi connectivity index (χ0v) is 13.7. The van der Waals surface area contributed by atoms with Crippen LogP contribution in [0.25, 0.3) is 5.82 Å². The molecule has 3 heterocycles. The summed E-state index contributed by atoms with van der Waals surface area (Å²) in [6.07, 6.45) is 7.70. The number of likely N-dealkylation sites (tertiary alicyclic amines) is 1. The molecule has 0 aromatic carbocycles. The maximum atomic E-state index is 12.3. The van der Waals surface area contributed by atoms with Crippen LogP contribution in [0.5, 0.6) is 0 Å². The van der Waals surface area contributed by atoms with Crippen LogP contribution in [-0.4, -0.2) is 38.6 Å². The highest BCUT2D eigenvalue weighted by Gasteiger charge is 2.20. The predicted molar refractivity (Wildman–Crippen MR) is 88.3 cm³/mol. The molecule has 0 radical (unpaired) electrons. The Labute approximate surface area is 136 Å². The first-order valence-corrected chi connectivity index (χ1v) is 8.11. The Hall–Kier alpha value is -2.37. The van der Waals surface area contributed by atoms with Crippen LogP contribution >= 0.6 is 0 Å². The lowest BCUT2D eigenvalue weighted by Crippen LogP contribution is -2.44. The Morgan fingerprint density at radius 1 is 1.39 bits per heavy atom. The van der Waals surface area contributed by atoms with Gasteiger partial charge in [0, 0.05) is 38.2 Å². The normalized spacial score (nSPS) is 18.0. The van der Waals surface area contributed by atoms with Crippen molar-refractivity contribution in [3.05, 3.63) is 42.1 Å². The largest absolute Gasteiger partial charge is 0.334 e. The van der Waals surface area contributed by atoms with Crippen LogP contribution in [-0.2, 0) is 6.54 Å². The SMILES string of the molecule is Cc1nccn1-c1cc(CNC(=O)N2CCCC(C)C2)ccn1. The van der Waals surface area contributed by atoms with Crippen molar-refractivity contribution in [3.63, 3.8) is 0 Å². The van der Waals surface area contributed by atoms with E-state index in [0.29, 0.717) is 12.5 Å². The zero-order chi connectivity index (χ0) is 16.2. The molecule has 0 spiro atoms. The standard InChI is InChI=1S/C17H23N5O/c1-13-4-3-8-21(12-13)17(23)20-11-15-5-6-19-16(10-15)22-9-7-18-14(22)2/h5-7,9-10,13H,3-4,8,11-12H2,1-2H3,(H,20,23). The molecule has 0 saturated carbocycles. The fourth-order valence-electron chi connectivity index (χ4n) is 2.99. The lowest BCUT2D eigenvalue weighted by atomic mass is 10.0. The molecule has 0 aliphatic carbocycles. The summed E-state index contributed by atoms with van der Waals surface area (Å²) in [5, 5.41) is 3.01. The number of pyridine rings is 1. The first kappa shape index (κ1) is 15.5. The van der Waals surface area contributed by atoms with Gasteiger partial charge in [0.2, 0.25) is 0 Å². The Kier molecular flexibility index (Phi) is 4.60. The smallest absolute Gasteiger partial charge is 0.317 e. The van der Waals surface area contributed by atoms with Crippen molar-refractivity contribution in [2.24, 2.45) is 5.92 Å². The monoisotopic (exact) mass is 313 g/mol. The molecule has 1 unspecified atom stereocenters. The van der Waals surface area contributed by atoms with Crippen molar-refractivity contribution in [2.75, 3.05) is 13.1 Å². The molecule has 2 aromatic rings. The van der Waals surface area contributed by atoms with Gasteiger partial charge < -0.3 is 10.2 Å². The van der Waals surface area contributed by atoms with Crippen molar-refractivity contribution in [1.29, 1.82) is 0 Å². The average Bonchev–Trinajstić information content (AvgIpc) is 2.99. The summed E-state index contributed by atoms with van der Waals surface area (Å²) in [6.45, 7) is 6.34. The van der Waals surface area contributed by atoms with Crippen LogP contribution < -0.4 is 5.32 Å². The molecule has 1 fully saturated rings. The van der Waals surface area contributed by atoms with Crippen LogP contribution in [0.3, 0.4) is 0 Å². The molecule has 2 amide bonds. The minimum atomic E-state index is 0.0220. The summed E-state index contributed by atoms with van der Waals surface area (Å²) in [4.78, 5) is 22.8. The minimum absolute atomic E-state index is 0.0220. The molecule has 6 nitrogen and oxygen atoms in total. The van der Waals surface area contributed by atoms with Crippen LogP contribution in [0, 0.1) is 12.8 Å². The van der Waals surface area contributed by atoms with Crippen molar-refractivity contribution >= 4 is 6.03 Å². The molecule has 1 aliphatic heterocycles. The molecule has 1 atom stereocenters. The molecular formula is C17H23N5O. The molecule has 23 heavy (non-hydrogen) atoms. The van der Waals surface area contributed by atoms with Gasteiger partial charge in [0.25, 0.3) is 0 Å². The number of hydrogen-bond donors (Lipinski definition) is 1. The fraction of sp³-hybridized carbons (Fsp3) is 0.471. The van der Waals surface area contributed by atoms with Crippen LogP contribution in [0.1, 0.15) is 31.2 Å². The number of amides is 2. The van der Waals surface area contributed by atoms with Gasteiger partial charge in [-0.3, -0.25) is 4.57 Å². The van der Waals surface area contributed by atoms with Crippen molar-refractivity contribution in [3.8, 4) is 5.82 Å². The Bertz CT molecular complexity index is 681. The van der Waals surface area contributed by atoms with E-state index < -0.39 is 0 Å². The second-order valence-corrected chi connectivity index (χ2v) is 6.22. The van der Waals surface area contributed by atoms with E-state index in [1.165, 1.54) is 6.42 Å². The van der Waals surface area contributed by atoms with Gasteiger partial charge in [-0.15, -0.1) is 0 Å². The number of aryl methyl sites for hydroxylation is 1. The summed E-state index contributed by atoms with van der Waals surface area (Å²) in [5.74, 6) is 2.30. The summed E-state index contributed by atoms with van der Waals surface area (Å²) in [5.41, 5.74) is 1.03. The predicted octanol–water partition coefficient (Wildman–Crippen LogP) is 2.52. The number of nitrogens with zero attached hydrogens (tertiary/aromatic N) is 4. The van der Waals surface area contributed by atoms with E-state index in [1.807, 2.05) is 34.7 Å². The number of carbonyl (C=O) groups is 1. The number of rotatable bonds is 3. The minimum Gasteiger partial charge on any atom is -0.334 e. The molecule has 122 valence electrons. The highest BCUT2D eigenvalue weighted by atomic mass is 16.2. The molecule has 1 N–H and O–H groups in total. The van der Waals surface area contributed by atoms with Gasteiger partial charge in [0.1, 0.15) is 11.6 Å². The fourth-order valence-corrected chi connectivity index (χ4v) is 2.99. The topological polar surface area (TPSA) is 63.1 Å². The van der Waals surface area contributed by atoms with E-state index in [1.54, 1.807) is 12.4 Å². The van der Waals surface area contributed by atoms with Crippen LogP contribution in [0.2, 0.25) is 0 Å². The van der Waals surface area contributed by atoms with E-state index in [2.05, 4.69) is 22.2 Å². The van der Waals surface area contributed by atoms with Crippen LogP contribution in [0.4, 0.5) is 4.79 Å². The van der Waals surface area contributed by atoms with Gasteiger partial charge in [0.05, 0.1) is 0 Å². The first-order chi connectivity index (χ1) is 11.1. The van der Waals surface area contributed by atoms with E-state index in [0.717, 1.165) is 36.7 Å². The van der Waals surface area contributed by atoms with E-state index in [4.69, 9.17) is 0 Å². The third-order valence-electron chi connectivity index (χ3n) is 4.27. The summed E-state index contributed by atoms with van der Waals surface area (Å²) in [6, 6.07) is 3.93. The highest BCUT2D eigenvalue weighted by molar-refractivity contribution is 5.74. The molecule has 3 rings (SSSR count). The molecule has 2 aromatic heterocycles. The van der Waals surface area contributed by atoms with Gasteiger partial charge >= 0.3 is 6.03 Å². The number of hydrogen-bond acceptors (Lipinski definition) is 3. The van der Waals surface area contributed by atoms with Gasteiger partial charge in [0.15, 0.2) is 0 Å². The number of aromatic nitrogens is 3. The second-order valence-electron chi connectivity index (χ2n) is 6.22. The highest BCUT2D eigenvalue weighted by Crippen LogP contribution is 2.15. The summed E-state index contributed by atoms with van der Waals surface area (Å²) in [7, 11) is 0. The summed E-state index contributed by atoms with van der Waals surface area (Å²) < 4.78 is 1.93. The Morgan fingerprint density at radius 2 is 2.26 bits per heavy atom. The molecule has 6 heteroatoms. The van der Waals surface area contributed by atoms with Gasteiger partial charge in [-0.2, -0.15) is 0 Å².